The molecule has 110 valence electrons. The quantitative estimate of drug-likeness (QED) is 0.748. The van der Waals surface area contributed by atoms with Crippen molar-refractivity contribution in [3.63, 3.8) is 0 Å². The zero-order valence-corrected chi connectivity index (χ0v) is 12.3. The smallest absolute Gasteiger partial charge is 0.323 e. The molecule has 0 amide bonds. The van der Waals surface area contributed by atoms with Crippen molar-refractivity contribution in [2.45, 2.75) is 32.2 Å². The van der Waals surface area contributed by atoms with Crippen LogP contribution in [0.4, 0.5) is 0 Å². The molecule has 4 nitrogen and oxygen atoms in total. The predicted octanol–water partition coefficient (Wildman–Crippen LogP) is 2.27. The third-order valence-electron chi connectivity index (χ3n) is 3.77. The zero-order chi connectivity index (χ0) is 14.4. The van der Waals surface area contributed by atoms with Crippen molar-refractivity contribution in [1.82, 2.24) is 4.90 Å². The van der Waals surface area contributed by atoms with Gasteiger partial charge in [0.25, 0.3) is 0 Å². The molecule has 1 aromatic carbocycles. The molecule has 0 aliphatic carbocycles. The summed E-state index contributed by atoms with van der Waals surface area (Å²) in [4.78, 5) is 14.1. The summed E-state index contributed by atoms with van der Waals surface area (Å²) in [7, 11) is 1.67. The van der Waals surface area contributed by atoms with Gasteiger partial charge < -0.3 is 9.47 Å². The fourth-order valence-corrected chi connectivity index (χ4v) is 2.66. The van der Waals surface area contributed by atoms with Gasteiger partial charge in [0.1, 0.15) is 11.8 Å². The number of carbonyl (C=O) groups excluding carboxylic acids is 1. The van der Waals surface area contributed by atoms with Gasteiger partial charge in [0.05, 0.1) is 13.7 Å². The van der Waals surface area contributed by atoms with E-state index in [1.807, 2.05) is 19.1 Å². The lowest BCUT2D eigenvalue weighted by atomic mass is 10.1. The van der Waals surface area contributed by atoms with E-state index in [2.05, 4.69) is 17.0 Å². The van der Waals surface area contributed by atoms with E-state index in [1.165, 1.54) is 5.56 Å². The van der Waals surface area contributed by atoms with E-state index in [0.29, 0.717) is 6.61 Å². The second kappa shape index (κ2) is 7.29. The maximum atomic E-state index is 11.9. The van der Waals surface area contributed by atoms with Gasteiger partial charge >= 0.3 is 5.97 Å². The standard InChI is InChI=1S/C16H23NO3/c1-3-20-16(18)15-5-4-11-17(15)12-10-13-6-8-14(19-2)9-7-13/h6-9,15H,3-5,10-12H2,1-2H3. The molecule has 1 aromatic rings. The van der Waals surface area contributed by atoms with Crippen molar-refractivity contribution < 1.29 is 14.3 Å². The van der Waals surface area contributed by atoms with E-state index in [0.717, 1.165) is 38.1 Å². The first kappa shape index (κ1) is 14.9. The minimum absolute atomic E-state index is 0.0480. The van der Waals surface area contributed by atoms with Crippen LogP contribution in [0.2, 0.25) is 0 Å². The lowest BCUT2D eigenvalue weighted by Gasteiger charge is -2.22. The van der Waals surface area contributed by atoms with Crippen molar-refractivity contribution in [1.29, 1.82) is 0 Å². The molecule has 1 heterocycles. The van der Waals surface area contributed by atoms with Crippen molar-refractivity contribution >= 4 is 5.97 Å². The van der Waals surface area contributed by atoms with Crippen molar-refractivity contribution in [2.24, 2.45) is 0 Å². The first-order valence-corrected chi connectivity index (χ1v) is 7.28. The lowest BCUT2D eigenvalue weighted by molar-refractivity contribution is -0.148. The highest BCUT2D eigenvalue weighted by molar-refractivity contribution is 5.76. The molecule has 1 unspecified atom stereocenters. The number of rotatable bonds is 6. The fraction of sp³-hybridized carbons (Fsp3) is 0.562. The summed E-state index contributed by atoms with van der Waals surface area (Å²) >= 11 is 0. The summed E-state index contributed by atoms with van der Waals surface area (Å²) in [6.07, 6.45) is 2.94. The van der Waals surface area contributed by atoms with Crippen LogP contribution in [0.15, 0.2) is 24.3 Å². The Bertz CT molecular complexity index is 430. The molecule has 0 saturated carbocycles. The minimum Gasteiger partial charge on any atom is -0.497 e. The molecule has 1 fully saturated rings. The Morgan fingerprint density at radius 3 is 2.75 bits per heavy atom. The van der Waals surface area contributed by atoms with Gasteiger partial charge in [-0.2, -0.15) is 0 Å². The lowest BCUT2D eigenvalue weighted by Crippen LogP contribution is -2.38. The summed E-state index contributed by atoms with van der Waals surface area (Å²) in [5.74, 6) is 0.805. The number of nitrogens with zero attached hydrogens (tertiary/aromatic N) is 1. The van der Waals surface area contributed by atoms with E-state index in [9.17, 15) is 4.79 Å². The van der Waals surface area contributed by atoms with E-state index in [4.69, 9.17) is 9.47 Å². The van der Waals surface area contributed by atoms with Gasteiger partial charge in [0.2, 0.25) is 0 Å². The average molecular weight is 277 g/mol. The highest BCUT2D eigenvalue weighted by Crippen LogP contribution is 2.19. The van der Waals surface area contributed by atoms with E-state index >= 15 is 0 Å². The molecule has 0 bridgehead atoms. The monoisotopic (exact) mass is 277 g/mol. The first-order chi connectivity index (χ1) is 9.74. The number of esters is 1. The number of likely N-dealkylation sites (tertiary alicyclic amines) is 1. The van der Waals surface area contributed by atoms with Crippen molar-refractivity contribution in [3.8, 4) is 5.75 Å². The molecule has 2 rings (SSSR count). The molecule has 1 atom stereocenters. The van der Waals surface area contributed by atoms with Crippen LogP contribution in [0.3, 0.4) is 0 Å². The summed E-state index contributed by atoms with van der Waals surface area (Å²) in [6, 6.07) is 8.06. The zero-order valence-electron chi connectivity index (χ0n) is 12.3. The van der Waals surface area contributed by atoms with E-state index in [-0.39, 0.29) is 12.0 Å². The van der Waals surface area contributed by atoms with Crippen LogP contribution in [-0.4, -0.2) is 43.7 Å². The third-order valence-corrected chi connectivity index (χ3v) is 3.77. The van der Waals surface area contributed by atoms with Crippen molar-refractivity contribution in [2.75, 3.05) is 26.8 Å². The molecule has 1 aliphatic heterocycles. The van der Waals surface area contributed by atoms with Gasteiger partial charge in [0, 0.05) is 6.54 Å². The Hall–Kier alpha value is -1.55. The number of carbonyl (C=O) groups is 1. The molecule has 20 heavy (non-hydrogen) atoms. The Balaban J connectivity index is 1.87. The summed E-state index contributed by atoms with van der Waals surface area (Å²) in [5.41, 5.74) is 1.26. The number of ether oxygens (including phenoxy) is 2. The molecule has 0 aromatic heterocycles. The second-order valence-corrected chi connectivity index (χ2v) is 5.04. The molecular weight excluding hydrogens is 254 g/mol. The molecule has 1 aliphatic rings. The fourth-order valence-electron chi connectivity index (χ4n) is 2.66. The van der Waals surface area contributed by atoms with Crippen LogP contribution in [0.5, 0.6) is 5.75 Å². The summed E-state index contributed by atoms with van der Waals surface area (Å²) in [6.45, 7) is 4.20. The molecular formula is C16H23NO3. The van der Waals surface area contributed by atoms with Gasteiger partial charge in [-0.15, -0.1) is 0 Å². The number of methoxy groups -OCH3 is 1. The second-order valence-electron chi connectivity index (χ2n) is 5.04. The van der Waals surface area contributed by atoms with Crippen molar-refractivity contribution in [3.05, 3.63) is 29.8 Å². The van der Waals surface area contributed by atoms with Gasteiger partial charge in [-0.3, -0.25) is 9.69 Å². The van der Waals surface area contributed by atoms with Gasteiger partial charge in [-0.05, 0) is 50.4 Å². The summed E-state index contributed by atoms with van der Waals surface area (Å²) < 4.78 is 10.3. The maximum Gasteiger partial charge on any atom is 0.323 e. The van der Waals surface area contributed by atoms with Gasteiger partial charge in [-0.1, -0.05) is 12.1 Å². The van der Waals surface area contributed by atoms with Crippen LogP contribution in [-0.2, 0) is 16.0 Å². The topological polar surface area (TPSA) is 38.8 Å². The highest BCUT2D eigenvalue weighted by Gasteiger charge is 2.31. The average Bonchev–Trinajstić information content (AvgIpc) is 2.94. The predicted molar refractivity (Wildman–Crippen MR) is 77.9 cm³/mol. The Labute approximate surface area is 120 Å². The Kier molecular flexibility index (Phi) is 5.41. The number of benzene rings is 1. The molecule has 0 spiro atoms. The maximum absolute atomic E-state index is 11.9. The molecule has 0 radical (unpaired) electrons. The minimum atomic E-state index is -0.0697. The summed E-state index contributed by atoms with van der Waals surface area (Å²) in [5, 5.41) is 0. The van der Waals surface area contributed by atoms with Crippen LogP contribution in [0.25, 0.3) is 0 Å². The normalized spacial score (nSPS) is 19.0. The van der Waals surface area contributed by atoms with E-state index < -0.39 is 0 Å². The van der Waals surface area contributed by atoms with Crippen LogP contribution >= 0.6 is 0 Å². The number of hydrogen-bond acceptors (Lipinski definition) is 4. The van der Waals surface area contributed by atoms with Crippen LogP contribution < -0.4 is 4.74 Å². The molecule has 0 N–H and O–H groups in total. The van der Waals surface area contributed by atoms with Crippen LogP contribution in [0, 0.1) is 0 Å². The van der Waals surface area contributed by atoms with Crippen LogP contribution in [0.1, 0.15) is 25.3 Å². The van der Waals surface area contributed by atoms with Gasteiger partial charge in [-0.25, -0.2) is 0 Å². The molecule has 4 heteroatoms. The number of hydrogen-bond donors (Lipinski definition) is 0. The van der Waals surface area contributed by atoms with Gasteiger partial charge in [0.15, 0.2) is 0 Å². The highest BCUT2D eigenvalue weighted by atomic mass is 16.5. The Morgan fingerprint density at radius 2 is 2.10 bits per heavy atom. The Morgan fingerprint density at radius 1 is 1.35 bits per heavy atom. The van der Waals surface area contributed by atoms with E-state index in [1.54, 1.807) is 7.11 Å². The first-order valence-electron chi connectivity index (χ1n) is 7.28. The largest absolute Gasteiger partial charge is 0.497 e. The third kappa shape index (κ3) is 3.73. The SMILES string of the molecule is CCOC(=O)C1CCCN1CCc1ccc(OC)cc1. The molecule has 1 saturated heterocycles.